The molecular weight excluding hydrogens is 294 g/mol. The number of rotatable bonds is 4. The highest BCUT2D eigenvalue weighted by atomic mass is 32.2. The number of carbonyl (C=O) groups is 1. The van der Waals surface area contributed by atoms with Gasteiger partial charge in [0.25, 0.3) is 10.0 Å². The van der Waals surface area contributed by atoms with Gasteiger partial charge in [-0.2, -0.15) is 0 Å². The highest BCUT2D eigenvalue weighted by Crippen LogP contribution is 2.22. The summed E-state index contributed by atoms with van der Waals surface area (Å²) in [5, 5.41) is 20.3. The number of carboxylic acids is 1. The van der Waals surface area contributed by atoms with Crippen molar-refractivity contribution in [2.75, 3.05) is 4.72 Å². The molecule has 21 heavy (non-hydrogen) atoms. The third kappa shape index (κ3) is 3.32. The smallest absolute Gasteiger partial charge is 0.335 e. The molecule has 0 saturated carbocycles. The first-order valence-electron chi connectivity index (χ1n) is 5.93. The van der Waals surface area contributed by atoms with E-state index in [0.717, 1.165) is 17.7 Å². The van der Waals surface area contributed by atoms with Crippen molar-refractivity contribution in [2.45, 2.75) is 11.8 Å². The molecule has 2 aromatic carbocycles. The molecule has 0 fully saturated rings. The summed E-state index contributed by atoms with van der Waals surface area (Å²) in [5.74, 6) is -2.11. The van der Waals surface area contributed by atoms with Crippen LogP contribution in [0.1, 0.15) is 15.9 Å². The molecule has 0 aliphatic rings. The minimum Gasteiger partial charge on any atom is -0.872 e. The molecule has 0 aromatic heterocycles. The molecule has 0 bridgehead atoms. The lowest BCUT2D eigenvalue weighted by atomic mass is 10.2. The first-order valence-corrected chi connectivity index (χ1v) is 7.42. The summed E-state index contributed by atoms with van der Waals surface area (Å²) in [5.41, 5.74) is 0.528. The van der Waals surface area contributed by atoms with E-state index in [1.54, 1.807) is 12.1 Å². The van der Waals surface area contributed by atoms with E-state index in [1.165, 1.54) is 18.2 Å². The Labute approximate surface area is 121 Å². The average molecular weight is 306 g/mol. The van der Waals surface area contributed by atoms with E-state index < -0.39 is 27.3 Å². The van der Waals surface area contributed by atoms with Crippen LogP contribution in [0.4, 0.5) is 5.69 Å². The Morgan fingerprint density at radius 2 is 1.76 bits per heavy atom. The molecule has 0 radical (unpaired) electrons. The van der Waals surface area contributed by atoms with Gasteiger partial charge in [-0.05, 0) is 37.3 Å². The average Bonchev–Trinajstić information content (AvgIpc) is 2.38. The lowest BCUT2D eigenvalue weighted by molar-refractivity contribution is -0.268. The Morgan fingerprint density at radius 3 is 2.29 bits per heavy atom. The van der Waals surface area contributed by atoms with Crippen LogP contribution < -0.4 is 9.83 Å². The van der Waals surface area contributed by atoms with Crippen molar-refractivity contribution in [3.63, 3.8) is 0 Å². The van der Waals surface area contributed by atoms with Gasteiger partial charge in [0.2, 0.25) is 0 Å². The van der Waals surface area contributed by atoms with Gasteiger partial charge in [-0.25, -0.2) is 13.2 Å². The van der Waals surface area contributed by atoms with E-state index in [-0.39, 0.29) is 10.6 Å². The molecule has 2 aromatic rings. The van der Waals surface area contributed by atoms with Crippen molar-refractivity contribution in [3.05, 3.63) is 53.6 Å². The predicted molar refractivity (Wildman–Crippen MR) is 74.8 cm³/mol. The second-order valence-corrected chi connectivity index (χ2v) is 6.12. The lowest BCUT2D eigenvalue weighted by Gasteiger charge is -2.14. The highest BCUT2D eigenvalue weighted by molar-refractivity contribution is 7.92. The largest absolute Gasteiger partial charge is 0.872 e. The van der Waals surface area contributed by atoms with Gasteiger partial charge in [-0.1, -0.05) is 23.4 Å². The summed E-state index contributed by atoms with van der Waals surface area (Å²) in [4.78, 5) is 10.8. The molecule has 0 heterocycles. The Balaban J connectivity index is 2.31. The summed E-state index contributed by atoms with van der Waals surface area (Å²) in [6, 6.07) is 9.44. The van der Waals surface area contributed by atoms with Gasteiger partial charge in [-0.15, -0.1) is 0 Å². The normalized spacial score (nSPS) is 11.1. The molecule has 6 nitrogen and oxygen atoms in total. The summed E-state index contributed by atoms with van der Waals surface area (Å²) in [6.45, 7) is 1.83. The lowest BCUT2D eigenvalue weighted by Crippen LogP contribution is -2.13. The minimum absolute atomic E-state index is 0.0191. The van der Waals surface area contributed by atoms with Gasteiger partial charge >= 0.3 is 5.97 Å². The van der Waals surface area contributed by atoms with Gasteiger partial charge < -0.3 is 10.2 Å². The van der Waals surface area contributed by atoms with Gasteiger partial charge in [0.15, 0.2) is 0 Å². The van der Waals surface area contributed by atoms with Gasteiger partial charge in [-0.3, -0.25) is 4.72 Å². The fraction of sp³-hybridized carbons (Fsp3) is 0.0714. The second-order valence-electron chi connectivity index (χ2n) is 4.43. The fourth-order valence-corrected chi connectivity index (χ4v) is 2.74. The Bertz CT molecular complexity index is 782. The molecule has 0 unspecified atom stereocenters. The molecule has 0 spiro atoms. The molecular formula is C14H12NO5S-. The van der Waals surface area contributed by atoms with Crippen LogP contribution in [0.15, 0.2) is 47.4 Å². The van der Waals surface area contributed by atoms with Crippen LogP contribution in [-0.4, -0.2) is 19.5 Å². The number of aryl methyl sites for hydroxylation is 1. The van der Waals surface area contributed by atoms with Crippen molar-refractivity contribution < 1.29 is 23.4 Å². The zero-order valence-corrected chi connectivity index (χ0v) is 11.8. The van der Waals surface area contributed by atoms with Crippen molar-refractivity contribution >= 4 is 21.7 Å². The fourth-order valence-electron chi connectivity index (χ4n) is 1.69. The van der Waals surface area contributed by atoms with E-state index in [4.69, 9.17) is 5.11 Å². The quantitative estimate of drug-likeness (QED) is 0.891. The SMILES string of the molecule is Cc1ccc(S(=O)(=O)Nc2ccc(C(=O)O)c([O-])c2)cc1. The molecule has 2 rings (SSSR count). The van der Waals surface area contributed by atoms with Crippen molar-refractivity contribution in [2.24, 2.45) is 0 Å². The van der Waals surface area contributed by atoms with E-state index in [9.17, 15) is 18.3 Å². The van der Waals surface area contributed by atoms with Gasteiger partial charge in [0, 0.05) is 5.69 Å². The Morgan fingerprint density at radius 1 is 1.14 bits per heavy atom. The van der Waals surface area contributed by atoms with Crippen LogP contribution in [0.5, 0.6) is 5.75 Å². The molecule has 2 N–H and O–H groups in total. The minimum atomic E-state index is -3.82. The first-order chi connectivity index (χ1) is 9.79. The van der Waals surface area contributed by atoms with Crippen molar-refractivity contribution in [1.82, 2.24) is 0 Å². The molecule has 0 aliphatic heterocycles. The molecule has 7 heteroatoms. The number of sulfonamides is 1. The van der Waals surface area contributed by atoms with E-state index >= 15 is 0 Å². The summed E-state index contributed by atoms with van der Waals surface area (Å²) in [7, 11) is -3.82. The molecule has 0 atom stereocenters. The summed E-state index contributed by atoms with van der Waals surface area (Å²) in [6.07, 6.45) is 0. The zero-order chi connectivity index (χ0) is 15.6. The highest BCUT2D eigenvalue weighted by Gasteiger charge is 2.14. The maximum atomic E-state index is 12.1. The third-order valence-corrected chi connectivity index (χ3v) is 4.19. The van der Waals surface area contributed by atoms with Crippen LogP contribution in [0.3, 0.4) is 0 Å². The Hall–Kier alpha value is -2.54. The maximum Gasteiger partial charge on any atom is 0.335 e. The predicted octanol–water partition coefficient (Wildman–Crippen LogP) is 1.57. The maximum absolute atomic E-state index is 12.1. The van der Waals surface area contributed by atoms with E-state index in [0.29, 0.717) is 0 Å². The molecule has 0 amide bonds. The summed E-state index contributed by atoms with van der Waals surface area (Å²) >= 11 is 0. The van der Waals surface area contributed by atoms with E-state index in [1.807, 2.05) is 6.92 Å². The zero-order valence-electron chi connectivity index (χ0n) is 11.0. The number of aromatic carboxylic acids is 1. The number of nitrogens with one attached hydrogen (secondary N) is 1. The van der Waals surface area contributed by atoms with Crippen LogP contribution in [0.2, 0.25) is 0 Å². The summed E-state index contributed by atoms with van der Waals surface area (Å²) < 4.78 is 26.5. The molecule has 0 aliphatic carbocycles. The standard InChI is InChI=1S/C14H13NO5S/c1-9-2-5-11(6-3-9)21(19,20)15-10-4-7-12(14(17)18)13(16)8-10/h2-8,15-16H,1H3,(H,17,18)/p-1. The van der Waals surface area contributed by atoms with Crippen LogP contribution in [0, 0.1) is 6.92 Å². The third-order valence-electron chi connectivity index (χ3n) is 2.80. The number of hydrogen-bond acceptors (Lipinski definition) is 4. The molecule has 110 valence electrons. The van der Waals surface area contributed by atoms with Crippen LogP contribution in [-0.2, 0) is 10.0 Å². The van der Waals surface area contributed by atoms with Gasteiger partial charge in [0.05, 0.1) is 10.5 Å². The second kappa shape index (κ2) is 5.45. The number of anilines is 1. The first kappa shape index (κ1) is 14.9. The Kier molecular flexibility index (Phi) is 3.86. The topological polar surface area (TPSA) is 107 Å². The monoisotopic (exact) mass is 306 g/mol. The van der Waals surface area contributed by atoms with Crippen LogP contribution in [0.25, 0.3) is 0 Å². The number of carboxylic acid groups (broad SMARTS) is 1. The van der Waals surface area contributed by atoms with Crippen LogP contribution >= 0.6 is 0 Å². The number of hydrogen-bond donors (Lipinski definition) is 2. The number of benzene rings is 2. The molecule has 0 saturated heterocycles. The van der Waals surface area contributed by atoms with Gasteiger partial charge in [0.1, 0.15) is 0 Å². The van der Waals surface area contributed by atoms with E-state index in [2.05, 4.69) is 4.72 Å². The van der Waals surface area contributed by atoms with Crippen molar-refractivity contribution in [1.29, 1.82) is 0 Å². The van der Waals surface area contributed by atoms with Crippen molar-refractivity contribution in [3.8, 4) is 5.75 Å².